The molecule has 0 fully saturated rings. The highest BCUT2D eigenvalue weighted by atomic mass is 79.9. The summed E-state index contributed by atoms with van der Waals surface area (Å²) in [6.45, 7) is 2.44. The van der Waals surface area contributed by atoms with Gasteiger partial charge in [-0.15, -0.1) is 0 Å². The van der Waals surface area contributed by atoms with Crippen molar-refractivity contribution in [3.05, 3.63) is 55.2 Å². The van der Waals surface area contributed by atoms with Crippen LogP contribution in [-0.2, 0) is 17.8 Å². The lowest BCUT2D eigenvalue weighted by Crippen LogP contribution is -2.05. The molecule has 0 bridgehead atoms. The fraction of sp³-hybridized carbons (Fsp3) is 0.278. The van der Waals surface area contributed by atoms with Crippen LogP contribution in [0.2, 0.25) is 5.02 Å². The molecule has 2 aromatic carbocycles. The van der Waals surface area contributed by atoms with Crippen molar-refractivity contribution in [1.29, 1.82) is 0 Å². The Bertz CT molecular complexity index is 794. The molecule has 0 spiro atoms. The van der Waals surface area contributed by atoms with Crippen molar-refractivity contribution >= 4 is 55.1 Å². The van der Waals surface area contributed by atoms with Gasteiger partial charge in [0.15, 0.2) is 5.82 Å². The Balaban J connectivity index is 2.18. The molecular formula is C18H17Br2ClFNO3. The maximum Gasteiger partial charge on any atom is 0.303 e. The molecule has 0 amide bonds. The second-order valence-electron chi connectivity index (χ2n) is 5.53. The molecule has 0 aliphatic heterocycles. The summed E-state index contributed by atoms with van der Waals surface area (Å²) in [6, 6.07) is 6.65. The van der Waals surface area contributed by atoms with Crippen LogP contribution in [0.25, 0.3) is 0 Å². The third-order valence-electron chi connectivity index (χ3n) is 3.54. The minimum Gasteiger partial charge on any atom is -0.486 e. The van der Waals surface area contributed by atoms with E-state index < -0.39 is 11.8 Å². The number of nitrogens with one attached hydrogen (secondary N) is 1. The average Bonchev–Trinajstić information content (AvgIpc) is 2.56. The van der Waals surface area contributed by atoms with Crippen molar-refractivity contribution in [2.24, 2.45) is 0 Å². The molecule has 2 aromatic rings. The summed E-state index contributed by atoms with van der Waals surface area (Å²) >= 11 is 12.9. The number of halogens is 4. The first-order valence-electron chi connectivity index (χ1n) is 7.86. The molecule has 0 saturated carbocycles. The molecule has 0 radical (unpaired) electrons. The van der Waals surface area contributed by atoms with Gasteiger partial charge >= 0.3 is 5.97 Å². The summed E-state index contributed by atoms with van der Waals surface area (Å²) in [4.78, 5) is 10.7. The van der Waals surface area contributed by atoms with Crippen LogP contribution >= 0.6 is 43.5 Å². The summed E-state index contributed by atoms with van der Waals surface area (Å²) in [5.41, 5.74) is 1.52. The van der Waals surface area contributed by atoms with E-state index >= 15 is 0 Å². The van der Waals surface area contributed by atoms with Gasteiger partial charge in [0, 0.05) is 23.6 Å². The summed E-state index contributed by atoms with van der Waals surface area (Å²) in [5, 5.41) is 12.1. The molecule has 0 unspecified atom stereocenters. The molecule has 26 heavy (non-hydrogen) atoms. The fourth-order valence-electron chi connectivity index (χ4n) is 2.37. The van der Waals surface area contributed by atoms with Gasteiger partial charge in [-0.25, -0.2) is 4.39 Å². The highest BCUT2D eigenvalue weighted by molar-refractivity contribution is 9.11. The molecule has 0 aliphatic carbocycles. The van der Waals surface area contributed by atoms with Crippen LogP contribution in [0, 0.1) is 5.82 Å². The molecular weight excluding hydrogens is 492 g/mol. The number of ether oxygens (including phenoxy) is 1. The van der Waals surface area contributed by atoms with E-state index in [2.05, 4.69) is 37.2 Å². The second-order valence-corrected chi connectivity index (χ2v) is 7.67. The Kier molecular flexibility index (Phi) is 7.73. The molecule has 140 valence electrons. The molecule has 0 atom stereocenters. The smallest absolute Gasteiger partial charge is 0.303 e. The number of aliphatic carboxylic acids is 1. The van der Waals surface area contributed by atoms with Gasteiger partial charge in [-0.05, 0) is 75.0 Å². The number of rotatable bonds is 8. The molecule has 2 rings (SSSR count). The number of hydrogen-bond donors (Lipinski definition) is 2. The molecule has 2 N–H and O–H groups in total. The van der Waals surface area contributed by atoms with E-state index in [1.54, 1.807) is 12.1 Å². The quantitative estimate of drug-likeness (QED) is 0.456. The van der Waals surface area contributed by atoms with Crippen molar-refractivity contribution in [3.8, 4) is 5.75 Å². The minimum absolute atomic E-state index is 0.00351. The number of benzene rings is 2. The van der Waals surface area contributed by atoms with Crippen LogP contribution in [0.5, 0.6) is 5.75 Å². The van der Waals surface area contributed by atoms with Gasteiger partial charge in [0.05, 0.1) is 14.6 Å². The van der Waals surface area contributed by atoms with Crippen molar-refractivity contribution in [2.75, 3.05) is 11.9 Å². The van der Waals surface area contributed by atoms with Gasteiger partial charge in [0.2, 0.25) is 0 Å². The first-order valence-corrected chi connectivity index (χ1v) is 9.82. The maximum atomic E-state index is 14.5. The minimum atomic E-state index is -0.856. The summed E-state index contributed by atoms with van der Waals surface area (Å²) < 4.78 is 21.6. The van der Waals surface area contributed by atoms with Gasteiger partial charge in [-0.1, -0.05) is 11.6 Å². The zero-order valence-corrected chi connectivity index (χ0v) is 17.8. The zero-order chi connectivity index (χ0) is 19.3. The maximum absolute atomic E-state index is 14.5. The lowest BCUT2D eigenvalue weighted by molar-refractivity contribution is -0.136. The lowest BCUT2D eigenvalue weighted by Gasteiger charge is -2.14. The normalized spacial score (nSPS) is 10.7. The first-order chi connectivity index (χ1) is 12.3. The highest BCUT2D eigenvalue weighted by Crippen LogP contribution is 2.36. The molecule has 0 saturated heterocycles. The Morgan fingerprint density at radius 3 is 2.50 bits per heavy atom. The fourth-order valence-corrected chi connectivity index (χ4v) is 4.12. The summed E-state index contributed by atoms with van der Waals surface area (Å²) in [6.07, 6.45) is 0.446. The highest BCUT2D eigenvalue weighted by Gasteiger charge is 2.14. The van der Waals surface area contributed by atoms with Crippen LogP contribution in [-0.4, -0.2) is 17.6 Å². The predicted molar refractivity (Wildman–Crippen MR) is 108 cm³/mol. The first kappa shape index (κ1) is 21.0. The second kappa shape index (κ2) is 9.58. The van der Waals surface area contributed by atoms with Crippen molar-refractivity contribution < 1.29 is 19.0 Å². The topological polar surface area (TPSA) is 58.6 Å². The number of carboxylic acid groups (broad SMARTS) is 1. The van der Waals surface area contributed by atoms with E-state index in [0.717, 1.165) is 5.56 Å². The summed E-state index contributed by atoms with van der Waals surface area (Å²) in [7, 11) is 0. The van der Waals surface area contributed by atoms with Crippen LogP contribution in [0.15, 0.2) is 33.2 Å². The van der Waals surface area contributed by atoms with Crippen molar-refractivity contribution in [2.45, 2.75) is 26.4 Å². The van der Waals surface area contributed by atoms with Crippen LogP contribution < -0.4 is 10.1 Å². The molecule has 8 heteroatoms. The number of anilines is 1. The zero-order valence-electron chi connectivity index (χ0n) is 13.9. The van der Waals surface area contributed by atoms with Crippen molar-refractivity contribution in [3.63, 3.8) is 0 Å². The Hall–Kier alpha value is -1.31. The SMILES string of the molecule is CCNc1cc(Cl)cc(COc2c(Br)cc(CCC(=O)O)cc2Br)c1F. The van der Waals surface area contributed by atoms with Gasteiger partial charge in [0.1, 0.15) is 12.4 Å². The van der Waals surface area contributed by atoms with Gasteiger partial charge in [-0.3, -0.25) is 4.79 Å². The lowest BCUT2D eigenvalue weighted by atomic mass is 10.1. The van der Waals surface area contributed by atoms with E-state index in [1.807, 2.05) is 6.92 Å². The summed E-state index contributed by atoms with van der Waals surface area (Å²) in [5.74, 6) is -0.750. The molecule has 4 nitrogen and oxygen atoms in total. The third kappa shape index (κ3) is 5.59. The Morgan fingerprint density at radius 1 is 1.27 bits per heavy atom. The van der Waals surface area contributed by atoms with Crippen LogP contribution in [0.4, 0.5) is 10.1 Å². The number of aryl methyl sites for hydroxylation is 1. The van der Waals surface area contributed by atoms with Gasteiger partial charge < -0.3 is 15.2 Å². The van der Waals surface area contributed by atoms with E-state index in [4.69, 9.17) is 21.4 Å². The standard InChI is InChI=1S/C18H17Br2ClFNO3/c1-2-23-15-8-12(21)7-11(17(15)22)9-26-18-13(19)5-10(6-14(18)20)3-4-16(24)25/h5-8,23H,2-4,9H2,1H3,(H,24,25). The Labute approximate surface area is 173 Å². The van der Waals surface area contributed by atoms with Crippen LogP contribution in [0.3, 0.4) is 0 Å². The van der Waals surface area contributed by atoms with Gasteiger partial charge in [0.25, 0.3) is 0 Å². The largest absolute Gasteiger partial charge is 0.486 e. The van der Waals surface area contributed by atoms with Gasteiger partial charge in [-0.2, -0.15) is 0 Å². The van der Waals surface area contributed by atoms with E-state index in [9.17, 15) is 9.18 Å². The Morgan fingerprint density at radius 2 is 1.92 bits per heavy atom. The van der Waals surface area contributed by atoms with E-state index in [-0.39, 0.29) is 13.0 Å². The van der Waals surface area contributed by atoms with Crippen molar-refractivity contribution in [1.82, 2.24) is 0 Å². The van der Waals surface area contributed by atoms with E-state index in [1.165, 1.54) is 12.1 Å². The molecule has 0 aromatic heterocycles. The average molecular weight is 510 g/mol. The van der Waals surface area contributed by atoms with E-state index in [0.29, 0.717) is 43.9 Å². The third-order valence-corrected chi connectivity index (χ3v) is 4.93. The predicted octanol–water partition coefficient (Wildman–Crippen LogP) is 6.03. The monoisotopic (exact) mass is 507 g/mol. The number of hydrogen-bond acceptors (Lipinski definition) is 3. The molecule has 0 heterocycles. The number of carbonyl (C=O) groups is 1. The molecule has 0 aliphatic rings. The van der Waals surface area contributed by atoms with Crippen LogP contribution in [0.1, 0.15) is 24.5 Å². The number of carboxylic acids is 1.